The van der Waals surface area contributed by atoms with E-state index in [0.29, 0.717) is 0 Å². The second kappa shape index (κ2) is 9.77. The Hall–Kier alpha value is -3.29. The number of nitrogens with zero attached hydrogens (tertiary/aromatic N) is 3. The molecule has 0 fully saturated rings. The molecular weight excluding hydrogens is 382 g/mol. The van der Waals surface area contributed by atoms with Gasteiger partial charge >= 0.3 is 18.2 Å². The Kier molecular flexibility index (Phi) is 8.00. The van der Waals surface area contributed by atoms with Crippen molar-refractivity contribution in [2.45, 2.75) is 65.8 Å². The molecule has 0 atom stereocenters. The van der Waals surface area contributed by atoms with Crippen molar-refractivity contribution in [3.05, 3.63) is 11.4 Å². The molecular formula is C18H27N5O6. The lowest BCUT2D eigenvalue weighted by Gasteiger charge is -2.19. The van der Waals surface area contributed by atoms with Gasteiger partial charge in [0.1, 0.15) is 29.1 Å². The molecule has 2 amide bonds. The van der Waals surface area contributed by atoms with E-state index in [9.17, 15) is 14.4 Å². The molecule has 0 aromatic carbocycles. The van der Waals surface area contributed by atoms with Gasteiger partial charge < -0.3 is 25.2 Å². The van der Waals surface area contributed by atoms with Gasteiger partial charge in [0.25, 0.3) is 0 Å². The fourth-order valence-corrected chi connectivity index (χ4v) is 1.87. The highest BCUT2D eigenvalue weighted by molar-refractivity contribution is 5.68. The molecule has 0 saturated carbocycles. The number of hydrogen-bond donors (Lipinski definition) is 3. The zero-order chi connectivity index (χ0) is 22.2. The van der Waals surface area contributed by atoms with Crippen LogP contribution in [0.3, 0.4) is 0 Å². The number of alkyl carbamates (subject to hydrolysis) is 2. The van der Waals surface area contributed by atoms with Gasteiger partial charge in [0.15, 0.2) is 0 Å². The van der Waals surface area contributed by atoms with Gasteiger partial charge in [0, 0.05) is 0 Å². The molecule has 1 aromatic heterocycles. The molecule has 0 aliphatic heterocycles. The van der Waals surface area contributed by atoms with Crippen LogP contribution in [-0.4, -0.2) is 56.0 Å². The lowest BCUT2D eigenvalue weighted by atomic mass is 10.2. The van der Waals surface area contributed by atoms with Gasteiger partial charge in [-0.2, -0.15) is 0 Å². The average Bonchev–Trinajstić information content (AvgIpc) is 2.87. The van der Waals surface area contributed by atoms with Crippen molar-refractivity contribution >= 4 is 18.2 Å². The number of amides is 2. The highest BCUT2D eigenvalue weighted by Gasteiger charge is 2.18. The number of aromatic nitrogens is 3. The quantitative estimate of drug-likeness (QED) is 0.617. The van der Waals surface area contributed by atoms with Crippen molar-refractivity contribution in [2.75, 3.05) is 6.54 Å². The molecule has 0 aliphatic rings. The zero-order valence-electron chi connectivity index (χ0n) is 17.5. The smallest absolute Gasteiger partial charge is 0.408 e. The van der Waals surface area contributed by atoms with Crippen LogP contribution >= 0.6 is 0 Å². The standard InChI is InChI=1S/C18H27N5O6/c1-17(2,3)28-15(26)19-9-7-8-13-12(21-22-23(13)11-14(24)25)10-20-16(27)29-18(4,5)6/h9-11H2,1-6H3,(H,19,26)(H,20,27)(H,24,25). The Bertz CT molecular complexity index is 807. The molecule has 0 bridgehead atoms. The van der Waals surface area contributed by atoms with Crippen molar-refractivity contribution in [3.8, 4) is 11.8 Å². The molecule has 0 radical (unpaired) electrons. The third-order valence-electron chi connectivity index (χ3n) is 2.82. The molecule has 3 N–H and O–H groups in total. The van der Waals surface area contributed by atoms with Crippen LogP contribution in [-0.2, 0) is 27.4 Å². The second-order valence-electron chi connectivity index (χ2n) is 7.95. The predicted molar refractivity (Wildman–Crippen MR) is 102 cm³/mol. The Morgan fingerprint density at radius 3 is 2.10 bits per heavy atom. The minimum Gasteiger partial charge on any atom is -0.480 e. The van der Waals surface area contributed by atoms with Crippen molar-refractivity contribution < 1.29 is 29.0 Å². The van der Waals surface area contributed by atoms with E-state index in [2.05, 4.69) is 32.8 Å². The van der Waals surface area contributed by atoms with Crippen LogP contribution in [0.1, 0.15) is 52.9 Å². The number of carbonyl (C=O) groups is 3. The summed E-state index contributed by atoms with van der Waals surface area (Å²) in [5.74, 6) is 4.28. The SMILES string of the molecule is CC(C)(C)OC(=O)NCC#Cc1c(CNC(=O)OC(C)(C)C)nnn1CC(=O)O. The van der Waals surface area contributed by atoms with E-state index in [0.717, 1.165) is 4.68 Å². The molecule has 160 valence electrons. The summed E-state index contributed by atoms with van der Waals surface area (Å²) in [6.07, 6.45) is -1.29. The maximum atomic E-state index is 11.8. The van der Waals surface area contributed by atoms with Crippen molar-refractivity contribution in [3.63, 3.8) is 0 Å². The van der Waals surface area contributed by atoms with Crippen LogP contribution in [0.5, 0.6) is 0 Å². The average molecular weight is 409 g/mol. The molecule has 1 aromatic rings. The number of hydrogen-bond acceptors (Lipinski definition) is 7. The number of aliphatic carboxylic acids is 1. The van der Waals surface area contributed by atoms with Crippen LogP contribution in [0.15, 0.2) is 0 Å². The molecule has 29 heavy (non-hydrogen) atoms. The largest absolute Gasteiger partial charge is 0.480 e. The Morgan fingerprint density at radius 2 is 1.59 bits per heavy atom. The Labute approximate surface area is 169 Å². The van der Waals surface area contributed by atoms with Gasteiger partial charge in [-0.05, 0) is 47.5 Å². The van der Waals surface area contributed by atoms with Gasteiger partial charge in [-0.3, -0.25) is 4.79 Å². The summed E-state index contributed by atoms with van der Waals surface area (Å²) in [5, 5.41) is 21.6. The number of rotatable bonds is 5. The fraction of sp³-hybridized carbons (Fsp3) is 0.611. The summed E-state index contributed by atoms with van der Waals surface area (Å²) in [6.45, 7) is 9.83. The fourth-order valence-electron chi connectivity index (χ4n) is 1.87. The summed E-state index contributed by atoms with van der Waals surface area (Å²) in [6, 6.07) is 0. The van der Waals surface area contributed by atoms with E-state index in [-0.39, 0.29) is 24.5 Å². The molecule has 0 spiro atoms. The van der Waals surface area contributed by atoms with Gasteiger partial charge in [0.05, 0.1) is 13.1 Å². The topological polar surface area (TPSA) is 145 Å². The van der Waals surface area contributed by atoms with Crippen LogP contribution in [0.25, 0.3) is 0 Å². The van der Waals surface area contributed by atoms with Crippen molar-refractivity contribution in [1.29, 1.82) is 0 Å². The maximum Gasteiger partial charge on any atom is 0.408 e. The van der Waals surface area contributed by atoms with Crippen LogP contribution in [0.4, 0.5) is 9.59 Å². The van der Waals surface area contributed by atoms with Crippen molar-refractivity contribution in [2.24, 2.45) is 0 Å². The molecule has 0 unspecified atom stereocenters. The Morgan fingerprint density at radius 1 is 1.03 bits per heavy atom. The predicted octanol–water partition coefficient (Wildman–Crippen LogP) is 1.26. The molecule has 1 rings (SSSR count). The normalized spacial score (nSPS) is 11.1. The number of carbonyl (C=O) groups excluding carboxylic acids is 2. The first kappa shape index (κ1) is 23.7. The summed E-state index contributed by atoms with van der Waals surface area (Å²) < 4.78 is 11.3. The van der Waals surface area contributed by atoms with Gasteiger partial charge in [0.2, 0.25) is 0 Å². The minimum atomic E-state index is -1.13. The van der Waals surface area contributed by atoms with E-state index < -0.39 is 35.9 Å². The first-order valence-corrected chi connectivity index (χ1v) is 8.83. The van der Waals surface area contributed by atoms with Gasteiger partial charge in [-0.1, -0.05) is 11.1 Å². The lowest BCUT2D eigenvalue weighted by Crippen LogP contribution is -2.32. The molecule has 0 aliphatic carbocycles. The van der Waals surface area contributed by atoms with E-state index in [1.54, 1.807) is 41.5 Å². The van der Waals surface area contributed by atoms with Crippen molar-refractivity contribution in [1.82, 2.24) is 25.6 Å². The third kappa shape index (κ3) is 9.99. The van der Waals surface area contributed by atoms with E-state index >= 15 is 0 Å². The zero-order valence-corrected chi connectivity index (χ0v) is 17.5. The monoisotopic (exact) mass is 409 g/mol. The maximum absolute atomic E-state index is 11.8. The number of ether oxygens (including phenoxy) is 2. The van der Waals surface area contributed by atoms with Crippen LogP contribution in [0, 0.1) is 11.8 Å². The molecule has 11 heteroatoms. The van der Waals surface area contributed by atoms with E-state index in [1.807, 2.05) is 0 Å². The third-order valence-corrected chi connectivity index (χ3v) is 2.82. The molecule has 1 heterocycles. The van der Waals surface area contributed by atoms with E-state index in [1.165, 1.54) is 0 Å². The Balaban J connectivity index is 2.83. The number of carboxylic acids is 1. The first-order chi connectivity index (χ1) is 13.3. The molecule has 11 nitrogen and oxygen atoms in total. The summed E-state index contributed by atoms with van der Waals surface area (Å²) in [7, 11) is 0. The first-order valence-electron chi connectivity index (χ1n) is 8.83. The van der Waals surface area contributed by atoms with Crippen LogP contribution in [0.2, 0.25) is 0 Å². The number of nitrogens with one attached hydrogen (secondary N) is 2. The lowest BCUT2D eigenvalue weighted by molar-refractivity contribution is -0.137. The molecule has 0 saturated heterocycles. The second-order valence-corrected chi connectivity index (χ2v) is 7.95. The summed E-state index contributed by atoms with van der Waals surface area (Å²) in [4.78, 5) is 34.4. The number of carboxylic acid groups (broad SMARTS) is 1. The minimum absolute atomic E-state index is 0.0356. The summed E-state index contributed by atoms with van der Waals surface area (Å²) >= 11 is 0. The van der Waals surface area contributed by atoms with Gasteiger partial charge in [-0.15, -0.1) is 5.10 Å². The van der Waals surface area contributed by atoms with Crippen LogP contribution < -0.4 is 10.6 Å². The highest BCUT2D eigenvalue weighted by atomic mass is 16.6. The van der Waals surface area contributed by atoms with Gasteiger partial charge in [-0.25, -0.2) is 14.3 Å². The summed E-state index contributed by atoms with van der Waals surface area (Å²) in [5.41, 5.74) is -0.834. The highest BCUT2D eigenvalue weighted by Crippen LogP contribution is 2.08. The van der Waals surface area contributed by atoms with E-state index in [4.69, 9.17) is 14.6 Å².